The molecule has 9 rings (SSSR count). The van der Waals surface area contributed by atoms with Gasteiger partial charge in [-0.25, -0.2) is 4.79 Å². The van der Waals surface area contributed by atoms with E-state index in [0.717, 1.165) is 70.0 Å². The number of hydrogen-bond acceptors (Lipinski definition) is 8. The van der Waals surface area contributed by atoms with Crippen molar-refractivity contribution in [2.75, 3.05) is 39.3 Å². The lowest BCUT2D eigenvalue weighted by Gasteiger charge is -2.64. The van der Waals surface area contributed by atoms with E-state index in [-0.39, 0.29) is 77.0 Å². The summed E-state index contributed by atoms with van der Waals surface area (Å²) in [5.74, 6) is 2.41. The number of likely N-dealkylation sites (tertiary alicyclic amines) is 1. The summed E-state index contributed by atoms with van der Waals surface area (Å²) in [5, 5.41) is 3.03. The molecule has 2 spiro atoms. The third-order valence-corrected chi connectivity index (χ3v) is 24.9. The van der Waals surface area contributed by atoms with Gasteiger partial charge in [0.1, 0.15) is 6.10 Å². The van der Waals surface area contributed by atoms with E-state index >= 15 is 0 Å². The molecule has 9 fully saturated rings. The van der Waals surface area contributed by atoms with Gasteiger partial charge in [-0.3, -0.25) is 9.69 Å². The fourth-order valence-corrected chi connectivity index (χ4v) is 19.6. The van der Waals surface area contributed by atoms with Gasteiger partial charge >= 0.3 is 6.09 Å². The minimum absolute atomic E-state index is 0.00718. The zero-order valence-corrected chi connectivity index (χ0v) is 39.6. The maximum atomic E-state index is 13.3. The summed E-state index contributed by atoms with van der Waals surface area (Å²) < 4.78 is 35.3. The highest BCUT2D eigenvalue weighted by atomic mass is 28.4. The number of amides is 2. The lowest BCUT2D eigenvalue weighted by molar-refractivity contribution is -0.250. The summed E-state index contributed by atoms with van der Waals surface area (Å²) in [6.45, 7) is 28.9. The van der Waals surface area contributed by atoms with Crippen LogP contribution in [0.4, 0.5) is 4.79 Å². The van der Waals surface area contributed by atoms with Crippen molar-refractivity contribution in [3.63, 3.8) is 0 Å². The van der Waals surface area contributed by atoms with Crippen LogP contribution in [0.2, 0.25) is 18.1 Å². The van der Waals surface area contributed by atoms with Gasteiger partial charge < -0.3 is 33.6 Å². The number of hydrogen-bond donors (Lipinski definition) is 1. The van der Waals surface area contributed by atoms with Gasteiger partial charge in [0.25, 0.3) is 0 Å². The van der Waals surface area contributed by atoms with Crippen LogP contribution in [0, 0.1) is 56.7 Å². The molecule has 5 saturated carbocycles. The lowest BCUT2D eigenvalue weighted by atomic mass is 9.41. The minimum atomic E-state index is -2.05. The number of carbonyl (C=O) groups excluding carboxylic acids is 2. The number of rotatable bonds is 11. The van der Waals surface area contributed by atoms with Crippen LogP contribution in [0.5, 0.6) is 0 Å². The van der Waals surface area contributed by atoms with Crippen molar-refractivity contribution < 1.29 is 33.0 Å². The second-order valence-corrected chi connectivity index (χ2v) is 27.6. The highest BCUT2D eigenvalue weighted by Crippen LogP contribution is 2.89. The number of ether oxygens (including phenoxy) is 4. The van der Waals surface area contributed by atoms with Gasteiger partial charge in [-0.15, -0.1) is 0 Å². The quantitative estimate of drug-likeness (QED) is 0.207. The van der Waals surface area contributed by atoms with Crippen LogP contribution in [0.3, 0.4) is 0 Å². The Morgan fingerprint density at radius 1 is 0.949 bits per heavy atom. The summed E-state index contributed by atoms with van der Waals surface area (Å²) in [4.78, 5) is 30.1. The molecule has 0 radical (unpaired) electrons. The van der Waals surface area contributed by atoms with E-state index in [1.807, 2.05) is 4.90 Å². The molecule has 2 amide bonds. The molecule has 10 nitrogen and oxygen atoms in total. The van der Waals surface area contributed by atoms with Crippen molar-refractivity contribution in [2.24, 2.45) is 56.7 Å². The van der Waals surface area contributed by atoms with Crippen LogP contribution in [-0.4, -0.2) is 112 Å². The van der Waals surface area contributed by atoms with Gasteiger partial charge in [-0.05, 0) is 134 Å². The molecule has 0 unspecified atom stereocenters. The normalized spacial score (nSPS) is 46.9. The first-order valence-electron chi connectivity index (χ1n) is 24.6. The van der Waals surface area contributed by atoms with E-state index in [1.54, 1.807) is 0 Å². The molecular weight excluding hydrogens is 759 g/mol. The SMILES string of the molecule is CC[Si](CC)(CC)O[C@H]1[C@H]2O[C@@H]([C@H](OC(=O)N3CCC3)C(C)C)C[C@@H](C)[C@@H]2[C@@]2(C)CC[C@@]34C[C@@]35CC[C@H](O[C@H]3CN([C@@H]6CCNC6=O)CCO3)C(C)(C)[C@@H]5CC[C@H]4[C@]12C. The number of nitrogens with zero attached hydrogens (tertiary/aromatic N) is 2. The largest absolute Gasteiger partial charge is 0.443 e. The third-order valence-electron chi connectivity index (χ3n) is 20.3. The molecule has 9 aliphatic rings. The van der Waals surface area contributed by atoms with Gasteiger partial charge in [0.2, 0.25) is 5.91 Å². The summed E-state index contributed by atoms with van der Waals surface area (Å²) in [6, 6.07) is 3.35. The topological polar surface area (TPSA) is 98.8 Å². The first-order valence-corrected chi connectivity index (χ1v) is 27.2. The van der Waals surface area contributed by atoms with E-state index in [2.05, 4.69) is 79.5 Å². The Hall–Kier alpha value is -1.24. The average molecular weight is 840 g/mol. The zero-order chi connectivity index (χ0) is 41.9. The molecular formula is C48H81N3O7Si. The summed E-state index contributed by atoms with van der Waals surface area (Å²) >= 11 is 0. The first-order chi connectivity index (χ1) is 28.0. The Labute approximate surface area is 357 Å². The van der Waals surface area contributed by atoms with E-state index in [9.17, 15) is 9.59 Å². The van der Waals surface area contributed by atoms with Crippen LogP contribution < -0.4 is 5.32 Å². The molecule has 334 valence electrons. The van der Waals surface area contributed by atoms with Crippen molar-refractivity contribution in [1.82, 2.24) is 15.1 Å². The predicted octanol–water partition coefficient (Wildman–Crippen LogP) is 8.63. The molecule has 4 aliphatic heterocycles. The predicted molar refractivity (Wildman–Crippen MR) is 231 cm³/mol. The Bertz CT molecular complexity index is 1600. The van der Waals surface area contributed by atoms with Crippen LogP contribution >= 0.6 is 0 Å². The second kappa shape index (κ2) is 15.2. The first kappa shape index (κ1) is 43.0. The zero-order valence-electron chi connectivity index (χ0n) is 38.6. The Morgan fingerprint density at radius 2 is 1.66 bits per heavy atom. The van der Waals surface area contributed by atoms with Gasteiger partial charge in [0.05, 0.1) is 43.6 Å². The number of morpholine rings is 1. The monoisotopic (exact) mass is 840 g/mol. The molecule has 5 aliphatic carbocycles. The highest BCUT2D eigenvalue weighted by molar-refractivity contribution is 6.73. The van der Waals surface area contributed by atoms with Crippen LogP contribution in [0.1, 0.15) is 133 Å². The average Bonchev–Trinajstić information content (AvgIpc) is 3.57. The molecule has 0 aromatic heterocycles. The molecule has 0 aromatic carbocycles. The molecule has 15 atom stereocenters. The van der Waals surface area contributed by atoms with E-state index in [1.165, 1.54) is 38.5 Å². The molecule has 4 saturated heterocycles. The van der Waals surface area contributed by atoms with Crippen molar-refractivity contribution in [3.05, 3.63) is 0 Å². The summed E-state index contributed by atoms with van der Waals surface area (Å²) in [6.07, 6.45) is 10.9. The highest BCUT2D eigenvalue weighted by Gasteiger charge is 2.85. The summed E-state index contributed by atoms with van der Waals surface area (Å²) in [7, 11) is -2.05. The minimum Gasteiger partial charge on any atom is -0.443 e. The molecule has 59 heavy (non-hydrogen) atoms. The Balaban J connectivity index is 1.00. The van der Waals surface area contributed by atoms with Crippen LogP contribution in [0.15, 0.2) is 0 Å². The smallest absolute Gasteiger partial charge is 0.410 e. The molecule has 4 heterocycles. The van der Waals surface area contributed by atoms with Gasteiger partial charge in [-0.1, -0.05) is 69.2 Å². The third kappa shape index (κ3) is 6.27. The Kier molecular flexibility index (Phi) is 11.1. The molecule has 11 heteroatoms. The Morgan fingerprint density at radius 3 is 2.31 bits per heavy atom. The van der Waals surface area contributed by atoms with Crippen molar-refractivity contribution >= 4 is 20.3 Å². The standard InChI is InChI=1S/C48H81N3O7Si/c1-11-59(12-2,13-3)58-41-40-38(31(6)27-33(55-40)39(30(4)5)57-43(53)50-23-14-24-50)45(9)20-21-48-29-47(48)19-17-36(44(7,8)34(47)15-16-35(48)46(41,45)10)56-37-28-51(25-26-54-37)32-18-22-49-42(32)52/h30-41H,11-29H2,1-10H3,(H,49,52)/t31-,32-,33-,34+,35+,36+,37+,38+,39-,40+,41+,45-,46-,47-,48+/m1/s1. The fraction of sp³-hybridized carbons (Fsp3) is 0.958. The van der Waals surface area contributed by atoms with Gasteiger partial charge in [0.15, 0.2) is 14.6 Å². The van der Waals surface area contributed by atoms with Gasteiger partial charge in [0, 0.05) is 31.6 Å². The second-order valence-electron chi connectivity index (χ2n) is 22.8. The number of carbonyl (C=O) groups is 2. The maximum absolute atomic E-state index is 13.3. The maximum Gasteiger partial charge on any atom is 0.410 e. The summed E-state index contributed by atoms with van der Waals surface area (Å²) in [5.41, 5.74) is 0.803. The van der Waals surface area contributed by atoms with E-state index in [0.29, 0.717) is 47.7 Å². The lowest BCUT2D eigenvalue weighted by Crippen LogP contribution is -2.61. The van der Waals surface area contributed by atoms with Crippen molar-refractivity contribution in [3.8, 4) is 0 Å². The van der Waals surface area contributed by atoms with Crippen molar-refractivity contribution in [2.45, 2.75) is 194 Å². The van der Waals surface area contributed by atoms with Crippen LogP contribution in [0.25, 0.3) is 0 Å². The van der Waals surface area contributed by atoms with Gasteiger partial charge in [-0.2, -0.15) is 0 Å². The molecule has 0 aromatic rings. The number of fused-ring (bicyclic) bond motifs is 4. The van der Waals surface area contributed by atoms with E-state index < -0.39 is 8.32 Å². The van der Waals surface area contributed by atoms with Crippen molar-refractivity contribution in [1.29, 1.82) is 0 Å². The fourth-order valence-electron chi connectivity index (χ4n) is 16.6. The number of nitrogens with one attached hydrogen (secondary N) is 1. The molecule has 0 bridgehead atoms. The van der Waals surface area contributed by atoms with Crippen LogP contribution in [-0.2, 0) is 28.2 Å². The molecule has 1 N–H and O–H groups in total. The van der Waals surface area contributed by atoms with E-state index in [4.69, 9.17) is 23.4 Å².